The SMILES string of the molecule is CCNC(=NCCCN1CCN(C(=O)OC(C)(C)C)CC1)NCCc1ncc(C)s1. The van der Waals surface area contributed by atoms with Crippen LogP contribution < -0.4 is 10.6 Å². The van der Waals surface area contributed by atoms with Gasteiger partial charge in [-0.3, -0.25) is 9.89 Å². The van der Waals surface area contributed by atoms with Crippen LogP contribution in [0.5, 0.6) is 0 Å². The third kappa shape index (κ3) is 9.30. The second kappa shape index (κ2) is 12.1. The van der Waals surface area contributed by atoms with Crippen LogP contribution in [-0.2, 0) is 11.2 Å². The van der Waals surface area contributed by atoms with E-state index in [0.29, 0.717) is 0 Å². The zero-order chi connectivity index (χ0) is 22.0. The van der Waals surface area contributed by atoms with Crippen LogP contribution >= 0.6 is 11.3 Å². The highest BCUT2D eigenvalue weighted by atomic mass is 32.1. The standard InChI is InChI=1S/C21H38N6O2S/c1-6-22-19(24-10-8-18-25-16-17(2)30-18)23-9-7-11-26-12-14-27(15-13-26)20(28)29-21(3,4)5/h16H,6-15H2,1-5H3,(H2,22,23,24). The van der Waals surface area contributed by atoms with Crippen molar-refractivity contribution in [3.63, 3.8) is 0 Å². The molecule has 1 aromatic rings. The molecule has 8 nitrogen and oxygen atoms in total. The number of aromatic nitrogens is 1. The zero-order valence-corrected chi connectivity index (χ0v) is 20.0. The molecule has 170 valence electrons. The van der Waals surface area contributed by atoms with Crippen LogP contribution in [0.1, 0.15) is 44.0 Å². The van der Waals surface area contributed by atoms with Crippen molar-refractivity contribution in [3.8, 4) is 0 Å². The predicted molar refractivity (Wildman–Crippen MR) is 123 cm³/mol. The van der Waals surface area contributed by atoms with Crippen molar-refractivity contribution in [2.24, 2.45) is 4.99 Å². The van der Waals surface area contributed by atoms with Crippen molar-refractivity contribution in [1.29, 1.82) is 0 Å². The van der Waals surface area contributed by atoms with E-state index in [1.807, 2.05) is 27.0 Å². The molecule has 1 aliphatic heterocycles. The number of rotatable bonds is 8. The monoisotopic (exact) mass is 438 g/mol. The summed E-state index contributed by atoms with van der Waals surface area (Å²) in [6.45, 7) is 16.5. The van der Waals surface area contributed by atoms with Crippen LogP contribution in [0.25, 0.3) is 0 Å². The molecule has 1 aromatic heterocycles. The van der Waals surface area contributed by atoms with Crippen molar-refractivity contribution >= 4 is 23.4 Å². The fraction of sp³-hybridized carbons (Fsp3) is 0.762. The molecule has 0 aromatic carbocycles. The van der Waals surface area contributed by atoms with Crippen molar-refractivity contribution in [3.05, 3.63) is 16.1 Å². The predicted octanol–water partition coefficient (Wildman–Crippen LogP) is 2.49. The van der Waals surface area contributed by atoms with E-state index in [-0.39, 0.29) is 6.09 Å². The number of aryl methyl sites for hydroxylation is 1. The van der Waals surface area contributed by atoms with E-state index in [1.165, 1.54) is 4.88 Å². The number of guanidine groups is 1. The highest BCUT2D eigenvalue weighted by molar-refractivity contribution is 7.11. The largest absolute Gasteiger partial charge is 0.444 e. The number of carbonyl (C=O) groups is 1. The first-order valence-electron chi connectivity index (χ1n) is 10.9. The Hall–Kier alpha value is -1.87. The Morgan fingerprint density at radius 2 is 2.00 bits per heavy atom. The average molecular weight is 439 g/mol. The van der Waals surface area contributed by atoms with Gasteiger partial charge in [0.15, 0.2) is 5.96 Å². The number of aliphatic imine (C=N–C) groups is 1. The second-order valence-corrected chi connectivity index (χ2v) is 9.78. The maximum atomic E-state index is 12.1. The van der Waals surface area contributed by atoms with E-state index in [4.69, 9.17) is 4.74 Å². The average Bonchev–Trinajstić information content (AvgIpc) is 3.09. The third-order valence-corrected chi connectivity index (χ3v) is 5.54. The fourth-order valence-electron chi connectivity index (χ4n) is 3.11. The van der Waals surface area contributed by atoms with Gasteiger partial charge < -0.3 is 20.3 Å². The number of carbonyl (C=O) groups excluding carboxylic acids is 1. The Balaban J connectivity index is 1.64. The quantitative estimate of drug-likeness (QED) is 0.369. The highest BCUT2D eigenvalue weighted by Gasteiger charge is 2.25. The molecule has 9 heteroatoms. The molecule has 1 fully saturated rings. The summed E-state index contributed by atoms with van der Waals surface area (Å²) in [4.78, 5) is 26.7. The Morgan fingerprint density at radius 1 is 1.27 bits per heavy atom. The summed E-state index contributed by atoms with van der Waals surface area (Å²) in [6.07, 6.45) is 3.62. The summed E-state index contributed by atoms with van der Waals surface area (Å²) in [6, 6.07) is 0. The van der Waals surface area contributed by atoms with E-state index >= 15 is 0 Å². The Morgan fingerprint density at radius 3 is 2.60 bits per heavy atom. The summed E-state index contributed by atoms with van der Waals surface area (Å²) in [5.74, 6) is 0.862. The van der Waals surface area contributed by atoms with Gasteiger partial charge >= 0.3 is 6.09 Å². The van der Waals surface area contributed by atoms with Gasteiger partial charge in [-0.25, -0.2) is 9.78 Å². The van der Waals surface area contributed by atoms with Gasteiger partial charge in [-0.1, -0.05) is 0 Å². The first-order chi connectivity index (χ1) is 14.3. The van der Waals surface area contributed by atoms with E-state index < -0.39 is 5.60 Å². The highest BCUT2D eigenvalue weighted by Crippen LogP contribution is 2.12. The minimum absolute atomic E-state index is 0.207. The first-order valence-corrected chi connectivity index (χ1v) is 11.7. The van der Waals surface area contributed by atoms with Crippen molar-refractivity contribution in [2.75, 3.05) is 52.4 Å². The number of hydrogen-bond acceptors (Lipinski definition) is 6. The zero-order valence-electron chi connectivity index (χ0n) is 19.2. The molecule has 0 saturated carbocycles. The van der Waals surface area contributed by atoms with Crippen LogP contribution in [0, 0.1) is 6.92 Å². The molecule has 30 heavy (non-hydrogen) atoms. The fourth-order valence-corrected chi connectivity index (χ4v) is 3.90. The van der Waals surface area contributed by atoms with Crippen molar-refractivity contribution in [2.45, 2.75) is 53.1 Å². The number of piperazine rings is 1. The van der Waals surface area contributed by atoms with Crippen molar-refractivity contribution in [1.82, 2.24) is 25.4 Å². The Bertz CT molecular complexity index is 677. The first kappa shape index (κ1) is 24.4. The van der Waals surface area contributed by atoms with E-state index in [1.54, 1.807) is 16.2 Å². The summed E-state index contributed by atoms with van der Waals surface area (Å²) in [5.41, 5.74) is -0.441. The minimum Gasteiger partial charge on any atom is -0.444 e. The lowest BCUT2D eigenvalue weighted by molar-refractivity contribution is 0.0145. The molecule has 1 amide bonds. The van der Waals surface area contributed by atoms with Gasteiger partial charge in [0.05, 0.1) is 5.01 Å². The van der Waals surface area contributed by atoms with Crippen LogP contribution in [0.4, 0.5) is 4.79 Å². The van der Waals surface area contributed by atoms with E-state index in [0.717, 1.165) is 76.2 Å². The molecule has 0 bridgehead atoms. The van der Waals surface area contributed by atoms with Crippen LogP contribution in [0.2, 0.25) is 0 Å². The van der Waals surface area contributed by atoms with Gasteiger partial charge in [0.2, 0.25) is 0 Å². The molecular weight excluding hydrogens is 400 g/mol. The number of thiazole rings is 1. The summed E-state index contributed by atoms with van der Waals surface area (Å²) in [5, 5.41) is 7.84. The smallest absolute Gasteiger partial charge is 0.410 e. The van der Waals surface area contributed by atoms with Gasteiger partial charge in [0, 0.05) is 69.9 Å². The maximum Gasteiger partial charge on any atom is 0.410 e. The molecule has 0 radical (unpaired) electrons. The van der Waals surface area contributed by atoms with Gasteiger partial charge in [0.25, 0.3) is 0 Å². The van der Waals surface area contributed by atoms with Gasteiger partial charge in [-0.15, -0.1) is 11.3 Å². The van der Waals surface area contributed by atoms with Gasteiger partial charge in [-0.05, 0) is 41.0 Å². The molecule has 0 atom stereocenters. The third-order valence-electron chi connectivity index (χ3n) is 4.57. The van der Waals surface area contributed by atoms with Crippen molar-refractivity contribution < 1.29 is 9.53 Å². The lowest BCUT2D eigenvalue weighted by Crippen LogP contribution is -2.50. The van der Waals surface area contributed by atoms with E-state index in [2.05, 4.69) is 39.4 Å². The Labute approximate surface area is 185 Å². The molecule has 2 N–H and O–H groups in total. The van der Waals surface area contributed by atoms with E-state index in [9.17, 15) is 4.79 Å². The molecule has 2 heterocycles. The number of hydrogen-bond donors (Lipinski definition) is 2. The minimum atomic E-state index is -0.441. The number of ether oxygens (including phenoxy) is 1. The maximum absolute atomic E-state index is 12.1. The molecule has 0 aliphatic carbocycles. The van der Waals surface area contributed by atoms with Crippen LogP contribution in [0.15, 0.2) is 11.2 Å². The summed E-state index contributed by atoms with van der Waals surface area (Å²) >= 11 is 1.75. The second-order valence-electron chi connectivity index (χ2n) is 8.46. The number of nitrogens with zero attached hydrogens (tertiary/aromatic N) is 4. The lowest BCUT2D eigenvalue weighted by Gasteiger charge is -2.35. The summed E-state index contributed by atoms with van der Waals surface area (Å²) in [7, 11) is 0. The molecule has 1 aliphatic rings. The summed E-state index contributed by atoms with van der Waals surface area (Å²) < 4.78 is 5.46. The normalized spacial score (nSPS) is 15.9. The van der Waals surface area contributed by atoms with Crippen LogP contribution in [-0.4, -0.2) is 84.8 Å². The molecule has 1 saturated heterocycles. The molecule has 0 spiro atoms. The number of nitrogens with one attached hydrogen (secondary N) is 2. The van der Waals surface area contributed by atoms with Gasteiger partial charge in [0.1, 0.15) is 5.60 Å². The molecule has 0 unspecified atom stereocenters. The lowest BCUT2D eigenvalue weighted by atomic mass is 10.2. The van der Waals surface area contributed by atoms with Crippen LogP contribution in [0.3, 0.4) is 0 Å². The topological polar surface area (TPSA) is 82.1 Å². The Kier molecular flexibility index (Phi) is 9.84. The van der Waals surface area contributed by atoms with Gasteiger partial charge in [-0.2, -0.15) is 0 Å². The molecular formula is C21H38N6O2S. The molecule has 2 rings (SSSR count). The number of amides is 1.